The molecule has 2 heterocycles. The second-order valence-corrected chi connectivity index (χ2v) is 7.33. The van der Waals surface area contributed by atoms with Crippen LogP contribution in [-0.2, 0) is 0 Å². The highest BCUT2D eigenvalue weighted by Crippen LogP contribution is 2.25. The molecule has 0 unspecified atom stereocenters. The van der Waals surface area contributed by atoms with Gasteiger partial charge in [0.2, 0.25) is 5.95 Å². The number of benzene rings is 1. The number of anilines is 4. The molecule has 0 bridgehead atoms. The van der Waals surface area contributed by atoms with E-state index in [-0.39, 0.29) is 12.1 Å². The van der Waals surface area contributed by atoms with Crippen LogP contribution in [0.2, 0.25) is 0 Å². The van der Waals surface area contributed by atoms with Crippen molar-refractivity contribution in [3.63, 3.8) is 0 Å². The van der Waals surface area contributed by atoms with Gasteiger partial charge >= 0.3 is 0 Å². The molecule has 2 atom stereocenters. The van der Waals surface area contributed by atoms with Crippen LogP contribution in [0.1, 0.15) is 38.5 Å². The maximum atomic E-state index is 6.23. The minimum absolute atomic E-state index is 0.182. The molecule has 0 amide bonds. The molecule has 0 spiro atoms. The molecule has 6 heteroatoms. The van der Waals surface area contributed by atoms with Crippen LogP contribution in [0.5, 0.6) is 0 Å². The van der Waals surface area contributed by atoms with Gasteiger partial charge in [-0.3, -0.25) is 0 Å². The van der Waals surface area contributed by atoms with E-state index in [0.717, 1.165) is 37.4 Å². The third-order valence-electron chi connectivity index (χ3n) is 5.38. The van der Waals surface area contributed by atoms with Crippen molar-refractivity contribution < 1.29 is 0 Å². The first kappa shape index (κ1) is 17.1. The van der Waals surface area contributed by atoms with Crippen molar-refractivity contribution in [3.8, 4) is 0 Å². The van der Waals surface area contributed by atoms with Crippen molar-refractivity contribution in [2.45, 2.75) is 50.6 Å². The SMILES string of the molecule is N[C@H]1CCCC[C@H]1Nc1nccc(Nc2cccc(N3CCCC3)c2)n1. The van der Waals surface area contributed by atoms with Crippen LogP contribution in [0.4, 0.5) is 23.1 Å². The van der Waals surface area contributed by atoms with Crippen LogP contribution in [0.15, 0.2) is 36.5 Å². The predicted octanol–water partition coefficient (Wildman–Crippen LogP) is 3.50. The van der Waals surface area contributed by atoms with Gasteiger partial charge in [0.15, 0.2) is 0 Å². The Morgan fingerprint density at radius 1 is 1.04 bits per heavy atom. The Balaban J connectivity index is 1.44. The number of hydrogen-bond acceptors (Lipinski definition) is 6. The van der Waals surface area contributed by atoms with Gasteiger partial charge in [0, 0.05) is 42.7 Å². The summed E-state index contributed by atoms with van der Waals surface area (Å²) in [6.45, 7) is 2.29. The standard InChI is InChI=1S/C20H28N6/c21-17-8-1-2-9-18(17)24-20-22-11-10-19(25-20)23-15-6-5-7-16(14-15)26-12-3-4-13-26/h5-7,10-11,14,17-18H,1-4,8-9,12-13,21H2,(H2,22,23,24,25)/t17-,18+/m0/s1. The Morgan fingerprint density at radius 3 is 2.73 bits per heavy atom. The van der Waals surface area contributed by atoms with E-state index >= 15 is 0 Å². The Kier molecular flexibility index (Phi) is 5.20. The Bertz CT molecular complexity index is 728. The van der Waals surface area contributed by atoms with Crippen molar-refractivity contribution in [2.24, 2.45) is 5.73 Å². The summed E-state index contributed by atoms with van der Waals surface area (Å²) in [5.41, 5.74) is 8.55. The fraction of sp³-hybridized carbons (Fsp3) is 0.500. The van der Waals surface area contributed by atoms with E-state index in [4.69, 9.17) is 5.73 Å². The van der Waals surface area contributed by atoms with E-state index in [0.29, 0.717) is 5.95 Å². The van der Waals surface area contributed by atoms with Gasteiger partial charge < -0.3 is 21.3 Å². The van der Waals surface area contributed by atoms with E-state index in [1.165, 1.54) is 31.4 Å². The average Bonchev–Trinajstić information content (AvgIpc) is 3.19. The number of hydrogen-bond donors (Lipinski definition) is 3. The Labute approximate surface area is 155 Å². The fourth-order valence-electron chi connectivity index (χ4n) is 3.91. The van der Waals surface area contributed by atoms with Crippen molar-refractivity contribution in [1.82, 2.24) is 9.97 Å². The van der Waals surface area contributed by atoms with Gasteiger partial charge in [0.05, 0.1) is 0 Å². The van der Waals surface area contributed by atoms with Crippen LogP contribution >= 0.6 is 0 Å². The second kappa shape index (κ2) is 7.91. The highest BCUT2D eigenvalue weighted by Gasteiger charge is 2.22. The molecule has 4 rings (SSSR count). The van der Waals surface area contributed by atoms with Crippen molar-refractivity contribution in [1.29, 1.82) is 0 Å². The number of rotatable bonds is 5. The van der Waals surface area contributed by atoms with Gasteiger partial charge in [-0.25, -0.2) is 4.98 Å². The summed E-state index contributed by atoms with van der Waals surface area (Å²) >= 11 is 0. The maximum Gasteiger partial charge on any atom is 0.224 e. The van der Waals surface area contributed by atoms with Crippen molar-refractivity contribution >= 4 is 23.1 Å². The molecule has 26 heavy (non-hydrogen) atoms. The Morgan fingerprint density at radius 2 is 1.88 bits per heavy atom. The maximum absolute atomic E-state index is 6.23. The molecular formula is C20H28N6. The molecule has 2 aromatic rings. The first-order valence-electron chi connectivity index (χ1n) is 9.75. The molecule has 138 valence electrons. The average molecular weight is 352 g/mol. The van der Waals surface area contributed by atoms with E-state index in [9.17, 15) is 0 Å². The molecule has 1 aliphatic carbocycles. The molecule has 4 N–H and O–H groups in total. The zero-order chi connectivity index (χ0) is 17.8. The monoisotopic (exact) mass is 352 g/mol. The molecule has 1 saturated carbocycles. The van der Waals surface area contributed by atoms with Gasteiger partial charge in [-0.2, -0.15) is 4.98 Å². The van der Waals surface area contributed by atoms with Crippen LogP contribution in [0.3, 0.4) is 0 Å². The third kappa shape index (κ3) is 4.07. The molecule has 1 aromatic carbocycles. The lowest BCUT2D eigenvalue weighted by molar-refractivity contribution is 0.402. The normalized spacial score (nSPS) is 23.0. The quantitative estimate of drug-likeness (QED) is 0.764. The first-order valence-corrected chi connectivity index (χ1v) is 9.75. The zero-order valence-corrected chi connectivity index (χ0v) is 15.2. The lowest BCUT2D eigenvalue weighted by Crippen LogP contribution is -2.42. The van der Waals surface area contributed by atoms with Gasteiger partial charge in [-0.1, -0.05) is 18.9 Å². The second-order valence-electron chi connectivity index (χ2n) is 7.33. The molecule has 2 aliphatic rings. The largest absolute Gasteiger partial charge is 0.371 e. The third-order valence-corrected chi connectivity index (χ3v) is 5.38. The zero-order valence-electron chi connectivity index (χ0n) is 15.2. The van der Waals surface area contributed by atoms with Gasteiger partial charge in [-0.05, 0) is 49.9 Å². The van der Waals surface area contributed by atoms with E-state index in [2.05, 4.69) is 49.8 Å². The minimum atomic E-state index is 0.182. The first-order chi connectivity index (χ1) is 12.8. The summed E-state index contributed by atoms with van der Waals surface area (Å²) < 4.78 is 0. The lowest BCUT2D eigenvalue weighted by atomic mass is 9.91. The molecule has 2 fully saturated rings. The van der Waals surface area contributed by atoms with Gasteiger partial charge in [0.1, 0.15) is 5.82 Å². The summed E-state index contributed by atoms with van der Waals surface area (Å²) in [6.07, 6.45) is 8.93. The van der Waals surface area contributed by atoms with Gasteiger partial charge in [-0.15, -0.1) is 0 Å². The number of aromatic nitrogens is 2. The Hall–Kier alpha value is -2.34. The lowest BCUT2D eigenvalue weighted by Gasteiger charge is -2.29. The number of nitrogens with two attached hydrogens (primary N) is 1. The minimum Gasteiger partial charge on any atom is -0.371 e. The summed E-state index contributed by atoms with van der Waals surface area (Å²) in [4.78, 5) is 11.4. The molecule has 1 aliphatic heterocycles. The van der Waals surface area contributed by atoms with E-state index in [1.807, 2.05) is 6.07 Å². The van der Waals surface area contributed by atoms with Crippen LogP contribution in [-0.4, -0.2) is 35.1 Å². The van der Waals surface area contributed by atoms with Crippen LogP contribution < -0.4 is 21.3 Å². The van der Waals surface area contributed by atoms with Crippen LogP contribution in [0, 0.1) is 0 Å². The summed E-state index contributed by atoms with van der Waals surface area (Å²) in [5.74, 6) is 1.44. The highest BCUT2D eigenvalue weighted by atomic mass is 15.2. The topological polar surface area (TPSA) is 79.1 Å². The molecular weight excluding hydrogens is 324 g/mol. The summed E-state index contributed by atoms with van der Waals surface area (Å²) in [5, 5.41) is 6.83. The summed E-state index contributed by atoms with van der Waals surface area (Å²) in [6, 6.07) is 10.9. The number of nitrogens with zero attached hydrogens (tertiary/aromatic N) is 3. The molecule has 1 aromatic heterocycles. The smallest absolute Gasteiger partial charge is 0.224 e. The molecule has 6 nitrogen and oxygen atoms in total. The van der Waals surface area contributed by atoms with Crippen molar-refractivity contribution in [2.75, 3.05) is 28.6 Å². The number of nitrogens with one attached hydrogen (secondary N) is 2. The molecule has 0 radical (unpaired) electrons. The van der Waals surface area contributed by atoms with E-state index < -0.39 is 0 Å². The van der Waals surface area contributed by atoms with Gasteiger partial charge in [0.25, 0.3) is 0 Å². The predicted molar refractivity (Wildman–Crippen MR) is 107 cm³/mol. The summed E-state index contributed by atoms with van der Waals surface area (Å²) in [7, 11) is 0. The van der Waals surface area contributed by atoms with Crippen LogP contribution in [0.25, 0.3) is 0 Å². The highest BCUT2D eigenvalue weighted by molar-refractivity contribution is 5.64. The molecule has 1 saturated heterocycles. The van der Waals surface area contributed by atoms with E-state index in [1.54, 1.807) is 6.20 Å². The van der Waals surface area contributed by atoms with Crippen molar-refractivity contribution in [3.05, 3.63) is 36.5 Å². The fourth-order valence-corrected chi connectivity index (χ4v) is 3.91.